The summed E-state index contributed by atoms with van der Waals surface area (Å²) in [5, 5.41) is 12.2. The number of hydrogen-bond acceptors (Lipinski definition) is 2. The Morgan fingerprint density at radius 3 is 2.86 bits per heavy atom. The number of hydrogen-bond donors (Lipinski definition) is 3. The second-order valence-corrected chi connectivity index (χ2v) is 5.48. The van der Waals surface area contributed by atoms with Crippen molar-refractivity contribution in [2.45, 2.75) is 0 Å². The van der Waals surface area contributed by atoms with Gasteiger partial charge in [0.2, 0.25) is 0 Å². The Labute approximate surface area is 130 Å². The Morgan fingerprint density at radius 1 is 1.05 bits per heavy atom. The molecule has 0 aliphatic heterocycles. The molecule has 6 heteroatoms. The summed E-state index contributed by atoms with van der Waals surface area (Å²) in [4.78, 5) is 15.4. The molecule has 2 aromatic heterocycles. The van der Waals surface area contributed by atoms with Crippen LogP contribution in [0.3, 0.4) is 0 Å². The second kappa shape index (κ2) is 4.89. The number of halogens is 1. The Hall–Kier alpha value is -2.79. The molecular formula is C16H11ClN4O. The molecular weight excluding hydrogens is 300 g/mol. The zero-order valence-corrected chi connectivity index (χ0v) is 12.1. The third kappa shape index (κ3) is 2.21. The van der Waals surface area contributed by atoms with Crippen LogP contribution in [0.25, 0.3) is 21.8 Å². The summed E-state index contributed by atoms with van der Waals surface area (Å²) in [5.74, 6) is -0.199. The number of nitrogens with zero attached hydrogens (tertiary/aromatic N) is 1. The molecule has 0 atom stereocenters. The number of amides is 1. The zero-order chi connectivity index (χ0) is 15.1. The fourth-order valence-corrected chi connectivity index (χ4v) is 2.61. The van der Waals surface area contributed by atoms with Gasteiger partial charge in [0.25, 0.3) is 5.91 Å². The molecule has 0 unspecified atom stereocenters. The first-order chi connectivity index (χ1) is 10.7. The van der Waals surface area contributed by atoms with Crippen LogP contribution >= 0.6 is 11.6 Å². The minimum atomic E-state index is -0.199. The van der Waals surface area contributed by atoms with Crippen molar-refractivity contribution < 1.29 is 4.79 Å². The first-order valence-corrected chi connectivity index (χ1v) is 7.09. The number of aromatic amines is 2. The van der Waals surface area contributed by atoms with E-state index < -0.39 is 0 Å². The molecule has 0 saturated heterocycles. The maximum Gasteiger partial charge on any atom is 0.272 e. The standard InChI is InChI=1S/C16H11ClN4O/c17-11-2-1-9-6-15(20-14(9)7-11)16(22)19-12-3-4-13-10(5-12)8-18-21-13/h1-8,20H,(H,18,21)(H,19,22). The van der Waals surface area contributed by atoms with E-state index in [2.05, 4.69) is 20.5 Å². The van der Waals surface area contributed by atoms with Crippen molar-refractivity contribution in [3.05, 3.63) is 59.4 Å². The predicted octanol–water partition coefficient (Wildman–Crippen LogP) is 3.95. The van der Waals surface area contributed by atoms with Crippen molar-refractivity contribution in [3.63, 3.8) is 0 Å². The largest absolute Gasteiger partial charge is 0.350 e. The van der Waals surface area contributed by atoms with E-state index in [1.165, 1.54) is 0 Å². The van der Waals surface area contributed by atoms with Gasteiger partial charge in [-0.1, -0.05) is 17.7 Å². The van der Waals surface area contributed by atoms with Crippen molar-refractivity contribution in [3.8, 4) is 0 Å². The first-order valence-electron chi connectivity index (χ1n) is 6.72. The number of nitrogens with one attached hydrogen (secondary N) is 3. The van der Waals surface area contributed by atoms with Crippen molar-refractivity contribution in [2.75, 3.05) is 5.32 Å². The molecule has 4 aromatic rings. The molecule has 1 amide bonds. The number of benzene rings is 2. The maximum absolute atomic E-state index is 12.3. The highest BCUT2D eigenvalue weighted by Gasteiger charge is 2.10. The van der Waals surface area contributed by atoms with Gasteiger partial charge in [-0.25, -0.2) is 0 Å². The molecule has 3 N–H and O–H groups in total. The van der Waals surface area contributed by atoms with Crippen LogP contribution in [-0.4, -0.2) is 21.1 Å². The summed E-state index contributed by atoms with van der Waals surface area (Å²) >= 11 is 5.95. The van der Waals surface area contributed by atoms with Crippen molar-refractivity contribution in [2.24, 2.45) is 0 Å². The average Bonchev–Trinajstić information content (AvgIpc) is 3.12. The molecule has 0 bridgehead atoms. The first kappa shape index (κ1) is 12.9. The molecule has 0 spiro atoms. The Balaban J connectivity index is 1.64. The van der Waals surface area contributed by atoms with Crippen LogP contribution in [0, 0.1) is 0 Å². The van der Waals surface area contributed by atoms with Crippen LogP contribution in [0.5, 0.6) is 0 Å². The minimum Gasteiger partial charge on any atom is -0.350 e. The summed E-state index contributed by atoms with van der Waals surface area (Å²) in [7, 11) is 0. The van der Waals surface area contributed by atoms with E-state index >= 15 is 0 Å². The van der Waals surface area contributed by atoms with Crippen LogP contribution in [0.1, 0.15) is 10.5 Å². The highest BCUT2D eigenvalue weighted by atomic mass is 35.5. The van der Waals surface area contributed by atoms with Crippen LogP contribution in [0.15, 0.2) is 48.7 Å². The minimum absolute atomic E-state index is 0.199. The average molecular weight is 311 g/mol. The maximum atomic E-state index is 12.3. The van der Waals surface area contributed by atoms with Crippen molar-refractivity contribution >= 4 is 45.0 Å². The number of aromatic nitrogens is 3. The summed E-state index contributed by atoms with van der Waals surface area (Å²) in [5.41, 5.74) is 2.97. The van der Waals surface area contributed by atoms with E-state index in [1.54, 1.807) is 24.4 Å². The number of anilines is 1. The molecule has 0 radical (unpaired) electrons. The van der Waals surface area contributed by atoms with Gasteiger partial charge in [-0.3, -0.25) is 9.89 Å². The number of fused-ring (bicyclic) bond motifs is 2. The highest BCUT2D eigenvalue weighted by Crippen LogP contribution is 2.21. The lowest BCUT2D eigenvalue weighted by atomic mass is 10.2. The summed E-state index contributed by atoms with van der Waals surface area (Å²) < 4.78 is 0. The molecule has 2 aromatic carbocycles. The lowest BCUT2D eigenvalue weighted by Gasteiger charge is -2.03. The van der Waals surface area contributed by atoms with Gasteiger partial charge in [0.15, 0.2) is 0 Å². The summed E-state index contributed by atoms with van der Waals surface area (Å²) in [6.45, 7) is 0. The summed E-state index contributed by atoms with van der Waals surface area (Å²) in [6, 6.07) is 12.9. The van der Waals surface area contributed by atoms with Crippen LogP contribution in [0.4, 0.5) is 5.69 Å². The summed E-state index contributed by atoms with van der Waals surface area (Å²) in [6.07, 6.45) is 1.72. The van der Waals surface area contributed by atoms with E-state index in [0.29, 0.717) is 10.7 Å². The van der Waals surface area contributed by atoms with Crippen molar-refractivity contribution in [1.29, 1.82) is 0 Å². The molecule has 2 heterocycles. The third-order valence-corrected chi connectivity index (χ3v) is 3.76. The Bertz CT molecular complexity index is 1000. The third-order valence-electron chi connectivity index (χ3n) is 3.53. The predicted molar refractivity (Wildman–Crippen MR) is 87.4 cm³/mol. The highest BCUT2D eigenvalue weighted by molar-refractivity contribution is 6.31. The number of H-pyrrole nitrogens is 2. The van der Waals surface area contributed by atoms with Crippen molar-refractivity contribution in [1.82, 2.24) is 15.2 Å². The molecule has 0 saturated carbocycles. The Morgan fingerprint density at radius 2 is 1.95 bits per heavy atom. The van der Waals surface area contributed by atoms with Gasteiger partial charge in [0.1, 0.15) is 5.69 Å². The SMILES string of the molecule is O=C(Nc1ccc2[nH]ncc2c1)c1cc2ccc(Cl)cc2[nH]1. The van der Waals surface area contributed by atoms with E-state index in [-0.39, 0.29) is 5.91 Å². The second-order valence-electron chi connectivity index (χ2n) is 5.04. The van der Waals surface area contributed by atoms with E-state index in [0.717, 1.165) is 27.5 Å². The molecule has 0 aliphatic rings. The van der Waals surface area contributed by atoms with Gasteiger partial charge < -0.3 is 10.3 Å². The molecule has 0 aliphatic carbocycles. The lowest BCUT2D eigenvalue weighted by Crippen LogP contribution is -2.12. The smallest absolute Gasteiger partial charge is 0.272 e. The van der Waals surface area contributed by atoms with Crippen LogP contribution in [-0.2, 0) is 0 Å². The molecule has 0 fully saturated rings. The normalized spacial score (nSPS) is 11.1. The number of carbonyl (C=O) groups is 1. The van der Waals surface area contributed by atoms with Crippen LogP contribution in [0.2, 0.25) is 5.02 Å². The van der Waals surface area contributed by atoms with Gasteiger partial charge in [0.05, 0.1) is 11.7 Å². The fraction of sp³-hybridized carbons (Fsp3) is 0. The molecule has 5 nitrogen and oxygen atoms in total. The van der Waals surface area contributed by atoms with Gasteiger partial charge in [0, 0.05) is 27.0 Å². The number of rotatable bonds is 2. The van der Waals surface area contributed by atoms with E-state index in [9.17, 15) is 4.79 Å². The van der Waals surface area contributed by atoms with Gasteiger partial charge in [-0.05, 0) is 36.4 Å². The fourth-order valence-electron chi connectivity index (χ4n) is 2.44. The topological polar surface area (TPSA) is 73.6 Å². The quantitative estimate of drug-likeness (QED) is 0.524. The zero-order valence-electron chi connectivity index (χ0n) is 11.4. The molecule has 22 heavy (non-hydrogen) atoms. The van der Waals surface area contributed by atoms with Crippen LogP contribution < -0.4 is 5.32 Å². The van der Waals surface area contributed by atoms with Gasteiger partial charge in [-0.2, -0.15) is 5.10 Å². The van der Waals surface area contributed by atoms with E-state index in [4.69, 9.17) is 11.6 Å². The Kier molecular flexibility index (Phi) is 2.87. The molecule has 108 valence electrons. The van der Waals surface area contributed by atoms with Gasteiger partial charge >= 0.3 is 0 Å². The lowest BCUT2D eigenvalue weighted by molar-refractivity contribution is 0.102. The monoisotopic (exact) mass is 310 g/mol. The van der Waals surface area contributed by atoms with E-state index in [1.807, 2.05) is 24.3 Å². The molecule has 4 rings (SSSR count). The van der Waals surface area contributed by atoms with Gasteiger partial charge in [-0.15, -0.1) is 0 Å². The number of carbonyl (C=O) groups excluding carboxylic acids is 1.